The van der Waals surface area contributed by atoms with E-state index in [0.717, 1.165) is 6.20 Å². The third-order valence-corrected chi connectivity index (χ3v) is 3.01. The first-order chi connectivity index (χ1) is 9.29. The number of alkyl halides is 3. The van der Waals surface area contributed by atoms with Crippen molar-refractivity contribution in [3.05, 3.63) is 30.1 Å². The highest BCUT2D eigenvalue weighted by atomic mass is 19.4. The van der Waals surface area contributed by atoms with Gasteiger partial charge in [-0.1, -0.05) is 6.92 Å². The molecular formula is C12H12F3N3O2. The number of hydrogen-bond donors (Lipinski definition) is 1. The molecule has 1 aromatic heterocycles. The first-order valence-electron chi connectivity index (χ1n) is 5.89. The third kappa shape index (κ3) is 2.26. The molecule has 0 unspecified atom stereocenters. The van der Waals surface area contributed by atoms with E-state index in [4.69, 9.17) is 0 Å². The maximum atomic E-state index is 13.0. The summed E-state index contributed by atoms with van der Waals surface area (Å²) in [5.74, 6) is -1.04. The van der Waals surface area contributed by atoms with Crippen molar-refractivity contribution in [1.82, 2.24) is 9.99 Å². The number of hydrogen-bond acceptors (Lipinski definition) is 4. The van der Waals surface area contributed by atoms with E-state index < -0.39 is 24.2 Å². The molecule has 1 aliphatic rings. The molecule has 0 fully saturated rings. The Morgan fingerprint density at radius 3 is 2.75 bits per heavy atom. The highest BCUT2D eigenvalue weighted by molar-refractivity contribution is 5.98. The van der Waals surface area contributed by atoms with E-state index in [1.807, 2.05) is 0 Å². The molecule has 1 aromatic rings. The van der Waals surface area contributed by atoms with Crippen molar-refractivity contribution in [2.24, 2.45) is 5.10 Å². The summed E-state index contributed by atoms with van der Waals surface area (Å²) in [5.41, 5.74) is -3.26. The predicted octanol–water partition coefficient (Wildman–Crippen LogP) is 1.94. The van der Waals surface area contributed by atoms with Gasteiger partial charge < -0.3 is 5.11 Å². The van der Waals surface area contributed by atoms with Gasteiger partial charge in [0.2, 0.25) is 0 Å². The molecule has 0 saturated heterocycles. The van der Waals surface area contributed by atoms with E-state index in [2.05, 4.69) is 10.1 Å². The standard InChI is InChI=1S/C12H12F3N3O2/c1-2-9-6-11(20,12(13,14)15)18(17-9)10(19)8-4-3-5-16-7-8/h3-5,7,20H,2,6H2,1H3/t11-/m0/s1. The van der Waals surface area contributed by atoms with Crippen molar-refractivity contribution >= 4 is 11.6 Å². The molecule has 1 N–H and O–H groups in total. The Morgan fingerprint density at radius 2 is 2.25 bits per heavy atom. The van der Waals surface area contributed by atoms with Gasteiger partial charge in [-0.3, -0.25) is 9.78 Å². The van der Waals surface area contributed by atoms with Gasteiger partial charge in [0.15, 0.2) is 0 Å². The fraction of sp³-hybridized carbons (Fsp3) is 0.417. The van der Waals surface area contributed by atoms with E-state index in [0.29, 0.717) is 0 Å². The largest absolute Gasteiger partial charge is 0.438 e. The minimum Gasteiger partial charge on any atom is -0.362 e. The lowest BCUT2D eigenvalue weighted by Gasteiger charge is -2.32. The van der Waals surface area contributed by atoms with Crippen LogP contribution < -0.4 is 0 Å². The second-order valence-corrected chi connectivity index (χ2v) is 4.37. The smallest absolute Gasteiger partial charge is 0.362 e. The Hall–Kier alpha value is -1.96. The molecule has 2 heterocycles. The molecule has 1 amide bonds. The van der Waals surface area contributed by atoms with E-state index in [9.17, 15) is 23.1 Å². The average Bonchev–Trinajstić information content (AvgIpc) is 2.77. The maximum Gasteiger partial charge on any atom is 0.438 e. The summed E-state index contributed by atoms with van der Waals surface area (Å²) in [7, 11) is 0. The van der Waals surface area contributed by atoms with Crippen LogP contribution in [0.4, 0.5) is 13.2 Å². The van der Waals surface area contributed by atoms with E-state index in [1.165, 1.54) is 18.3 Å². The maximum absolute atomic E-state index is 13.0. The molecule has 0 radical (unpaired) electrons. The van der Waals surface area contributed by atoms with Gasteiger partial charge in [0.05, 0.1) is 5.56 Å². The molecule has 20 heavy (non-hydrogen) atoms. The minimum atomic E-state index is -4.99. The zero-order chi connectivity index (χ0) is 15.0. The number of amides is 1. The van der Waals surface area contributed by atoms with E-state index in [-0.39, 0.29) is 22.7 Å². The lowest BCUT2D eigenvalue weighted by Crippen LogP contribution is -2.56. The van der Waals surface area contributed by atoms with Gasteiger partial charge in [-0.2, -0.15) is 23.3 Å². The fourth-order valence-electron chi connectivity index (χ4n) is 1.86. The molecule has 0 aromatic carbocycles. The second-order valence-electron chi connectivity index (χ2n) is 4.37. The van der Waals surface area contributed by atoms with Gasteiger partial charge >= 0.3 is 6.18 Å². The quantitative estimate of drug-likeness (QED) is 0.904. The van der Waals surface area contributed by atoms with Crippen LogP contribution >= 0.6 is 0 Å². The molecular weight excluding hydrogens is 275 g/mol. The van der Waals surface area contributed by atoms with Crippen LogP contribution in [0.5, 0.6) is 0 Å². The SMILES string of the molecule is CCC1=NN(C(=O)c2cccnc2)[C@@](O)(C(F)(F)F)C1. The van der Waals surface area contributed by atoms with Crippen molar-refractivity contribution in [1.29, 1.82) is 0 Å². The van der Waals surface area contributed by atoms with Gasteiger partial charge in [0, 0.05) is 24.5 Å². The van der Waals surface area contributed by atoms with Crippen molar-refractivity contribution in [2.45, 2.75) is 31.7 Å². The number of halogens is 3. The summed E-state index contributed by atoms with van der Waals surface area (Å²) in [5, 5.41) is 13.6. The van der Waals surface area contributed by atoms with E-state index >= 15 is 0 Å². The van der Waals surface area contributed by atoms with Crippen molar-refractivity contribution in [3.8, 4) is 0 Å². The summed E-state index contributed by atoms with van der Waals surface area (Å²) in [6.07, 6.45) is -3.00. The Kier molecular flexibility index (Phi) is 3.51. The number of aromatic nitrogens is 1. The lowest BCUT2D eigenvalue weighted by molar-refractivity contribution is -0.297. The van der Waals surface area contributed by atoms with Crippen molar-refractivity contribution in [2.75, 3.05) is 0 Å². The van der Waals surface area contributed by atoms with Crippen LogP contribution in [0.2, 0.25) is 0 Å². The number of hydrazone groups is 1. The zero-order valence-electron chi connectivity index (χ0n) is 10.6. The average molecular weight is 287 g/mol. The van der Waals surface area contributed by atoms with Crippen LogP contribution in [-0.2, 0) is 0 Å². The van der Waals surface area contributed by atoms with Gasteiger partial charge in [0.25, 0.3) is 11.6 Å². The molecule has 5 nitrogen and oxygen atoms in total. The third-order valence-electron chi connectivity index (χ3n) is 3.01. The molecule has 0 spiro atoms. The molecule has 1 aliphatic heterocycles. The van der Waals surface area contributed by atoms with Crippen molar-refractivity contribution in [3.63, 3.8) is 0 Å². The summed E-state index contributed by atoms with van der Waals surface area (Å²) < 4.78 is 39.1. The number of carbonyl (C=O) groups excluding carboxylic acids is 1. The number of nitrogens with zero attached hydrogens (tertiary/aromatic N) is 3. The lowest BCUT2D eigenvalue weighted by atomic mass is 10.0. The van der Waals surface area contributed by atoms with Gasteiger partial charge in [-0.25, -0.2) is 0 Å². The second kappa shape index (κ2) is 4.86. The minimum absolute atomic E-state index is 0.0729. The summed E-state index contributed by atoms with van der Waals surface area (Å²) in [6, 6.07) is 2.73. The molecule has 8 heteroatoms. The van der Waals surface area contributed by atoms with Gasteiger partial charge in [0.1, 0.15) is 0 Å². The van der Waals surface area contributed by atoms with Crippen LogP contribution in [-0.4, -0.2) is 38.6 Å². The predicted molar refractivity (Wildman–Crippen MR) is 63.8 cm³/mol. The van der Waals surface area contributed by atoms with E-state index in [1.54, 1.807) is 6.92 Å². The first-order valence-corrected chi connectivity index (χ1v) is 5.89. The van der Waals surface area contributed by atoms with Crippen LogP contribution in [0.3, 0.4) is 0 Å². The van der Waals surface area contributed by atoms with Crippen LogP contribution in [0.15, 0.2) is 29.6 Å². The van der Waals surface area contributed by atoms with Gasteiger partial charge in [-0.15, -0.1) is 0 Å². The molecule has 108 valence electrons. The number of aliphatic hydroxyl groups is 1. The monoisotopic (exact) mass is 287 g/mol. The van der Waals surface area contributed by atoms with Gasteiger partial charge in [-0.05, 0) is 18.6 Å². The molecule has 2 rings (SSSR count). The van der Waals surface area contributed by atoms with Crippen LogP contribution in [0.25, 0.3) is 0 Å². The Morgan fingerprint density at radius 1 is 1.55 bits per heavy atom. The number of rotatable bonds is 2. The summed E-state index contributed by atoms with van der Waals surface area (Å²) >= 11 is 0. The fourth-order valence-corrected chi connectivity index (χ4v) is 1.86. The Balaban J connectivity index is 2.41. The summed E-state index contributed by atoms with van der Waals surface area (Å²) in [6.45, 7) is 1.60. The number of pyridine rings is 1. The normalized spacial score (nSPS) is 22.9. The molecule has 0 bridgehead atoms. The van der Waals surface area contributed by atoms with Crippen LogP contribution in [0.1, 0.15) is 30.1 Å². The Bertz CT molecular complexity index is 545. The molecule has 0 aliphatic carbocycles. The van der Waals surface area contributed by atoms with Crippen LogP contribution in [0, 0.1) is 0 Å². The Labute approximate surface area is 112 Å². The topological polar surface area (TPSA) is 65.8 Å². The molecule has 1 atom stereocenters. The highest BCUT2D eigenvalue weighted by Crippen LogP contribution is 2.41. The zero-order valence-corrected chi connectivity index (χ0v) is 10.6. The molecule has 0 saturated carbocycles. The highest BCUT2D eigenvalue weighted by Gasteiger charge is 2.63. The number of carbonyl (C=O) groups is 1. The van der Waals surface area contributed by atoms with Crippen molar-refractivity contribution < 1.29 is 23.1 Å². The summed E-state index contributed by atoms with van der Waals surface area (Å²) in [4.78, 5) is 15.8. The first kappa shape index (κ1) is 14.4.